The van der Waals surface area contributed by atoms with Crippen LogP contribution < -0.4 is 10.5 Å². The molecule has 0 aliphatic carbocycles. The van der Waals surface area contributed by atoms with Crippen LogP contribution in [0, 0.1) is 0 Å². The van der Waals surface area contributed by atoms with Crippen molar-refractivity contribution < 1.29 is 14.3 Å². The molecule has 0 bridgehead atoms. The van der Waals surface area contributed by atoms with Crippen LogP contribution in [0.2, 0.25) is 0 Å². The quantitative estimate of drug-likeness (QED) is 0.636. The molecule has 6 heteroatoms. The van der Waals surface area contributed by atoms with Crippen molar-refractivity contribution in [1.29, 1.82) is 0 Å². The number of benzene rings is 1. The Morgan fingerprint density at radius 2 is 2.00 bits per heavy atom. The summed E-state index contributed by atoms with van der Waals surface area (Å²) >= 11 is 0. The zero-order chi connectivity index (χ0) is 15.2. The number of nitrogen functional groups attached to an aromatic ring is 1. The number of nitrogens with zero attached hydrogens (tertiary/aromatic N) is 2. The van der Waals surface area contributed by atoms with Crippen LogP contribution in [0.3, 0.4) is 0 Å². The molecule has 1 aliphatic rings. The van der Waals surface area contributed by atoms with Crippen molar-refractivity contribution in [2.45, 2.75) is 0 Å². The van der Waals surface area contributed by atoms with Crippen LogP contribution in [-0.2, 0) is 4.74 Å². The van der Waals surface area contributed by atoms with Crippen molar-refractivity contribution in [1.82, 2.24) is 9.80 Å². The van der Waals surface area contributed by atoms with Crippen molar-refractivity contribution in [2.24, 2.45) is 0 Å². The predicted octanol–water partition coefficient (Wildman–Crippen LogP) is 0.682. The maximum absolute atomic E-state index is 12.0. The molecule has 116 valence electrons. The molecule has 2 rings (SSSR count). The second-order valence-corrected chi connectivity index (χ2v) is 5.20. The molecule has 1 aromatic rings. The highest BCUT2D eigenvalue weighted by Crippen LogP contribution is 2.25. The van der Waals surface area contributed by atoms with Gasteiger partial charge < -0.3 is 20.1 Å². The maximum Gasteiger partial charge on any atom is 0.340 e. The number of methoxy groups -OCH3 is 1. The summed E-state index contributed by atoms with van der Waals surface area (Å²) < 4.78 is 10.4. The molecule has 0 saturated carbocycles. The molecule has 0 unspecified atom stereocenters. The average Bonchev–Trinajstić information content (AvgIpc) is 2.49. The second kappa shape index (κ2) is 7.28. The number of ether oxygens (including phenoxy) is 2. The van der Waals surface area contributed by atoms with Gasteiger partial charge in [-0.25, -0.2) is 4.79 Å². The lowest BCUT2D eigenvalue weighted by molar-refractivity contribution is 0.0433. The summed E-state index contributed by atoms with van der Waals surface area (Å²) in [6.07, 6.45) is 0. The van der Waals surface area contributed by atoms with Gasteiger partial charge in [0.2, 0.25) is 0 Å². The molecule has 6 nitrogen and oxygen atoms in total. The Morgan fingerprint density at radius 3 is 2.67 bits per heavy atom. The molecule has 0 atom stereocenters. The molecule has 1 saturated heterocycles. The normalized spacial score (nSPS) is 16.7. The lowest BCUT2D eigenvalue weighted by Gasteiger charge is -2.32. The molecular weight excluding hydrogens is 270 g/mol. The summed E-state index contributed by atoms with van der Waals surface area (Å²) in [5.74, 6) is 0.0871. The van der Waals surface area contributed by atoms with Crippen LogP contribution in [-0.4, -0.2) is 69.3 Å². The molecule has 1 fully saturated rings. The monoisotopic (exact) mass is 293 g/mol. The zero-order valence-corrected chi connectivity index (χ0v) is 12.7. The standard InChI is InChI=1S/C15H23N3O3/c1-17-6-8-18(9-7-17)10-11-21-15(19)12-4-3-5-13(20-2)14(12)16/h3-5H,6-11,16H2,1-2H3. The minimum absolute atomic E-state index is 0.324. The number of carbonyl (C=O) groups excluding carboxylic acids is 1. The zero-order valence-electron chi connectivity index (χ0n) is 12.7. The van der Waals surface area contributed by atoms with Gasteiger partial charge in [0.25, 0.3) is 0 Å². The molecule has 1 aromatic carbocycles. The Kier molecular flexibility index (Phi) is 5.41. The second-order valence-electron chi connectivity index (χ2n) is 5.20. The van der Waals surface area contributed by atoms with E-state index in [1.54, 1.807) is 18.2 Å². The van der Waals surface area contributed by atoms with Crippen LogP contribution in [0.15, 0.2) is 18.2 Å². The van der Waals surface area contributed by atoms with E-state index in [2.05, 4.69) is 16.8 Å². The van der Waals surface area contributed by atoms with Gasteiger partial charge in [0.05, 0.1) is 18.4 Å². The SMILES string of the molecule is COc1cccc(C(=O)OCCN2CCN(C)CC2)c1N. The molecular formula is C15H23N3O3. The summed E-state index contributed by atoms with van der Waals surface area (Å²) in [5, 5.41) is 0. The fraction of sp³-hybridized carbons (Fsp3) is 0.533. The largest absolute Gasteiger partial charge is 0.495 e. The number of anilines is 1. The average molecular weight is 293 g/mol. The predicted molar refractivity (Wildman–Crippen MR) is 81.6 cm³/mol. The van der Waals surface area contributed by atoms with E-state index in [1.165, 1.54) is 7.11 Å². The minimum atomic E-state index is -0.402. The van der Waals surface area contributed by atoms with E-state index < -0.39 is 5.97 Å². The number of nitrogens with two attached hydrogens (primary N) is 1. The van der Waals surface area contributed by atoms with Gasteiger partial charge in [-0.2, -0.15) is 0 Å². The van der Waals surface area contributed by atoms with Gasteiger partial charge in [0.1, 0.15) is 12.4 Å². The molecule has 0 aromatic heterocycles. The first-order chi connectivity index (χ1) is 10.1. The van der Waals surface area contributed by atoms with Gasteiger partial charge in [0, 0.05) is 32.7 Å². The minimum Gasteiger partial charge on any atom is -0.495 e. The smallest absolute Gasteiger partial charge is 0.340 e. The van der Waals surface area contributed by atoms with E-state index in [-0.39, 0.29) is 0 Å². The van der Waals surface area contributed by atoms with Gasteiger partial charge in [-0.15, -0.1) is 0 Å². The van der Waals surface area contributed by atoms with E-state index in [0.29, 0.717) is 23.6 Å². The number of hydrogen-bond acceptors (Lipinski definition) is 6. The molecule has 0 radical (unpaired) electrons. The summed E-state index contributed by atoms with van der Waals surface area (Å²) in [4.78, 5) is 16.6. The molecule has 2 N–H and O–H groups in total. The molecule has 1 heterocycles. The third kappa shape index (κ3) is 4.09. The summed E-state index contributed by atoms with van der Waals surface area (Å²) in [6, 6.07) is 5.10. The van der Waals surface area contributed by atoms with Crippen molar-refractivity contribution in [3.8, 4) is 5.75 Å². The molecule has 21 heavy (non-hydrogen) atoms. The Hall–Kier alpha value is -1.79. The number of carbonyl (C=O) groups is 1. The topological polar surface area (TPSA) is 68.0 Å². The summed E-state index contributed by atoms with van der Waals surface area (Å²) in [7, 11) is 3.64. The Morgan fingerprint density at radius 1 is 1.29 bits per heavy atom. The lowest BCUT2D eigenvalue weighted by Crippen LogP contribution is -2.45. The molecule has 0 spiro atoms. The van der Waals surface area contributed by atoms with E-state index in [1.807, 2.05) is 0 Å². The maximum atomic E-state index is 12.0. The number of rotatable bonds is 5. The van der Waals surface area contributed by atoms with Crippen LogP contribution in [0.1, 0.15) is 10.4 Å². The fourth-order valence-corrected chi connectivity index (χ4v) is 2.32. The van der Waals surface area contributed by atoms with Crippen LogP contribution in [0.25, 0.3) is 0 Å². The third-order valence-corrected chi connectivity index (χ3v) is 3.74. The first-order valence-electron chi connectivity index (χ1n) is 7.12. The molecule has 1 aliphatic heterocycles. The Bertz CT molecular complexity index is 485. The van der Waals surface area contributed by atoms with Gasteiger partial charge in [0.15, 0.2) is 0 Å². The number of esters is 1. The fourth-order valence-electron chi connectivity index (χ4n) is 2.32. The number of para-hydroxylation sites is 1. The van der Waals surface area contributed by atoms with Crippen LogP contribution in [0.5, 0.6) is 5.75 Å². The summed E-state index contributed by atoms with van der Waals surface area (Å²) in [5.41, 5.74) is 6.56. The van der Waals surface area contributed by atoms with Crippen LogP contribution >= 0.6 is 0 Å². The number of piperazine rings is 1. The van der Waals surface area contributed by atoms with E-state index in [0.717, 1.165) is 32.7 Å². The van der Waals surface area contributed by atoms with Crippen molar-refractivity contribution in [3.63, 3.8) is 0 Å². The number of hydrogen-bond donors (Lipinski definition) is 1. The van der Waals surface area contributed by atoms with E-state index in [9.17, 15) is 4.79 Å². The van der Waals surface area contributed by atoms with Crippen molar-refractivity contribution >= 4 is 11.7 Å². The highest BCUT2D eigenvalue weighted by Gasteiger charge is 2.16. The highest BCUT2D eigenvalue weighted by atomic mass is 16.5. The first-order valence-corrected chi connectivity index (χ1v) is 7.12. The first kappa shape index (κ1) is 15.6. The van der Waals surface area contributed by atoms with Gasteiger partial charge in [-0.3, -0.25) is 4.90 Å². The van der Waals surface area contributed by atoms with Gasteiger partial charge >= 0.3 is 5.97 Å². The molecule has 0 amide bonds. The van der Waals surface area contributed by atoms with E-state index in [4.69, 9.17) is 15.2 Å². The number of likely N-dealkylation sites (N-methyl/N-ethyl adjacent to an activating group) is 1. The highest BCUT2D eigenvalue weighted by molar-refractivity contribution is 5.96. The van der Waals surface area contributed by atoms with Gasteiger partial charge in [-0.05, 0) is 19.2 Å². The lowest BCUT2D eigenvalue weighted by atomic mass is 10.1. The van der Waals surface area contributed by atoms with E-state index >= 15 is 0 Å². The van der Waals surface area contributed by atoms with Crippen molar-refractivity contribution in [2.75, 3.05) is 59.2 Å². The van der Waals surface area contributed by atoms with Crippen LogP contribution in [0.4, 0.5) is 5.69 Å². The van der Waals surface area contributed by atoms with Crippen molar-refractivity contribution in [3.05, 3.63) is 23.8 Å². The Balaban J connectivity index is 1.82. The summed E-state index contributed by atoms with van der Waals surface area (Å²) in [6.45, 7) is 5.25. The van der Waals surface area contributed by atoms with Gasteiger partial charge in [-0.1, -0.05) is 6.07 Å². The third-order valence-electron chi connectivity index (χ3n) is 3.74. The Labute approximate surface area is 125 Å².